The summed E-state index contributed by atoms with van der Waals surface area (Å²) in [5.74, 6) is 0.975. The number of piperidine rings is 1. The molecule has 1 saturated heterocycles. The van der Waals surface area contributed by atoms with Crippen LogP contribution in [-0.4, -0.2) is 40.6 Å². The van der Waals surface area contributed by atoms with Crippen molar-refractivity contribution in [2.45, 2.75) is 26.4 Å². The zero-order valence-corrected chi connectivity index (χ0v) is 13.6. The largest absolute Gasteiger partial charge is 0.444 e. The van der Waals surface area contributed by atoms with Gasteiger partial charge in [0.05, 0.1) is 0 Å². The molecule has 2 aliphatic rings. The van der Waals surface area contributed by atoms with Crippen LogP contribution in [0.25, 0.3) is 0 Å². The molecule has 2 N–H and O–H groups in total. The molecule has 2 amide bonds. The second-order valence-corrected chi connectivity index (χ2v) is 7.07. The summed E-state index contributed by atoms with van der Waals surface area (Å²) in [6, 6.07) is 5.42. The lowest BCUT2D eigenvalue weighted by atomic mass is 10.2. The van der Waals surface area contributed by atoms with Gasteiger partial charge >= 0.3 is 6.09 Å². The van der Waals surface area contributed by atoms with Gasteiger partial charge in [0.25, 0.3) is 0 Å². The first-order valence-electron chi connectivity index (χ1n) is 7.80. The number of aromatic nitrogens is 1. The number of anilines is 1. The van der Waals surface area contributed by atoms with Crippen molar-refractivity contribution in [3.05, 3.63) is 24.4 Å². The first-order chi connectivity index (χ1) is 10.8. The third kappa shape index (κ3) is 3.55. The summed E-state index contributed by atoms with van der Waals surface area (Å²) in [6.45, 7) is 6.71. The summed E-state index contributed by atoms with van der Waals surface area (Å²) in [5, 5.41) is 0. The van der Waals surface area contributed by atoms with E-state index in [1.54, 1.807) is 17.2 Å². The lowest BCUT2D eigenvalue weighted by Crippen LogP contribution is -2.39. The van der Waals surface area contributed by atoms with Gasteiger partial charge in [0.2, 0.25) is 5.91 Å². The number of hydrazine groups is 1. The quantitative estimate of drug-likeness (QED) is 0.828. The Morgan fingerprint density at radius 2 is 1.96 bits per heavy atom. The number of amides is 2. The smallest absolute Gasteiger partial charge is 0.410 e. The number of fused-ring (bicyclic) bond motifs is 1. The lowest BCUT2D eigenvalue weighted by Gasteiger charge is -2.25. The Balaban J connectivity index is 1.44. The van der Waals surface area contributed by atoms with E-state index in [4.69, 9.17) is 4.74 Å². The van der Waals surface area contributed by atoms with Crippen molar-refractivity contribution >= 4 is 17.8 Å². The summed E-state index contributed by atoms with van der Waals surface area (Å²) >= 11 is 0. The molecule has 1 saturated carbocycles. The summed E-state index contributed by atoms with van der Waals surface area (Å²) in [6.07, 6.45) is 1.36. The fourth-order valence-electron chi connectivity index (χ4n) is 3.04. The Bertz CT molecular complexity index is 587. The highest BCUT2D eigenvalue weighted by Crippen LogP contribution is 2.51. The number of ether oxygens (including phenoxy) is 1. The summed E-state index contributed by atoms with van der Waals surface area (Å²) in [7, 11) is 0. The third-order valence-electron chi connectivity index (χ3n) is 4.13. The van der Waals surface area contributed by atoms with Gasteiger partial charge in [-0.1, -0.05) is 6.07 Å². The Hall–Kier alpha value is -2.31. The maximum absolute atomic E-state index is 12.2. The van der Waals surface area contributed by atoms with E-state index in [0.717, 1.165) is 0 Å². The van der Waals surface area contributed by atoms with Crippen LogP contribution in [0.4, 0.5) is 10.6 Å². The highest BCUT2D eigenvalue weighted by Gasteiger charge is 2.60. The third-order valence-corrected chi connectivity index (χ3v) is 4.13. The highest BCUT2D eigenvalue weighted by atomic mass is 16.6. The molecule has 1 aliphatic heterocycles. The zero-order valence-electron chi connectivity index (χ0n) is 13.6. The van der Waals surface area contributed by atoms with Crippen LogP contribution < -0.4 is 10.9 Å². The van der Waals surface area contributed by atoms with Gasteiger partial charge in [0.15, 0.2) is 0 Å². The van der Waals surface area contributed by atoms with Crippen molar-refractivity contribution in [1.82, 2.24) is 15.3 Å². The van der Waals surface area contributed by atoms with Crippen LogP contribution in [0.15, 0.2) is 24.4 Å². The van der Waals surface area contributed by atoms with Crippen LogP contribution in [0.2, 0.25) is 0 Å². The van der Waals surface area contributed by atoms with Gasteiger partial charge in [-0.3, -0.25) is 15.6 Å². The minimum Gasteiger partial charge on any atom is -0.444 e. The zero-order chi connectivity index (χ0) is 16.6. The molecular weight excluding hydrogens is 296 g/mol. The monoisotopic (exact) mass is 318 g/mol. The van der Waals surface area contributed by atoms with E-state index in [0.29, 0.717) is 18.9 Å². The summed E-state index contributed by atoms with van der Waals surface area (Å²) in [5.41, 5.74) is 5.00. The van der Waals surface area contributed by atoms with Crippen LogP contribution >= 0.6 is 0 Å². The number of nitrogens with one attached hydrogen (secondary N) is 2. The van der Waals surface area contributed by atoms with Crippen LogP contribution in [0.5, 0.6) is 0 Å². The second-order valence-electron chi connectivity index (χ2n) is 7.07. The Kier molecular flexibility index (Phi) is 3.87. The number of rotatable bonds is 3. The average molecular weight is 318 g/mol. The normalized spacial score (nSPS) is 25.5. The van der Waals surface area contributed by atoms with E-state index in [2.05, 4.69) is 15.8 Å². The van der Waals surface area contributed by atoms with Crippen molar-refractivity contribution in [2.24, 2.45) is 17.8 Å². The van der Waals surface area contributed by atoms with Crippen molar-refractivity contribution < 1.29 is 14.3 Å². The molecule has 0 bridgehead atoms. The maximum Gasteiger partial charge on any atom is 0.410 e. The molecule has 2 fully saturated rings. The Morgan fingerprint density at radius 1 is 1.26 bits per heavy atom. The predicted molar refractivity (Wildman–Crippen MR) is 84.3 cm³/mol. The fourth-order valence-corrected chi connectivity index (χ4v) is 3.04. The van der Waals surface area contributed by atoms with Gasteiger partial charge in [-0.05, 0) is 44.7 Å². The molecule has 23 heavy (non-hydrogen) atoms. The van der Waals surface area contributed by atoms with Crippen molar-refractivity contribution in [2.75, 3.05) is 18.5 Å². The molecule has 0 radical (unpaired) electrons. The summed E-state index contributed by atoms with van der Waals surface area (Å²) < 4.78 is 5.36. The molecule has 1 aromatic heterocycles. The SMILES string of the molecule is CC(C)(C)OC(=O)N1C[C@@H]2C(C(=O)NNc3ccccn3)[C@@H]2C1. The molecule has 1 aromatic rings. The standard InChI is InChI=1S/C16H22N4O3/c1-16(2,3)23-15(22)20-8-10-11(9-20)13(10)14(21)19-18-12-6-4-5-7-17-12/h4-7,10-11,13H,8-9H2,1-3H3,(H,17,18)(H,19,21)/t10-,11+,13?. The van der Waals surface area contributed by atoms with Crippen molar-refractivity contribution in [1.29, 1.82) is 0 Å². The Labute approximate surface area is 135 Å². The molecule has 7 heteroatoms. The van der Waals surface area contributed by atoms with Crippen LogP contribution in [0.1, 0.15) is 20.8 Å². The van der Waals surface area contributed by atoms with Crippen LogP contribution in [0.3, 0.4) is 0 Å². The number of likely N-dealkylation sites (tertiary alicyclic amines) is 1. The second kappa shape index (κ2) is 5.72. The van der Waals surface area contributed by atoms with Crippen LogP contribution in [-0.2, 0) is 9.53 Å². The number of hydrogen-bond donors (Lipinski definition) is 2. The predicted octanol–water partition coefficient (Wildman–Crippen LogP) is 1.64. The van der Waals surface area contributed by atoms with Crippen molar-refractivity contribution in [3.63, 3.8) is 0 Å². The van der Waals surface area contributed by atoms with Gasteiger partial charge in [-0.2, -0.15) is 0 Å². The van der Waals surface area contributed by atoms with Gasteiger partial charge in [-0.25, -0.2) is 9.78 Å². The number of hydrogen-bond acceptors (Lipinski definition) is 5. The molecule has 0 spiro atoms. The molecular formula is C16H22N4O3. The van der Waals surface area contributed by atoms with E-state index < -0.39 is 5.60 Å². The fraction of sp³-hybridized carbons (Fsp3) is 0.562. The molecule has 3 atom stereocenters. The van der Waals surface area contributed by atoms with Crippen molar-refractivity contribution in [3.8, 4) is 0 Å². The minimum atomic E-state index is -0.493. The lowest BCUT2D eigenvalue weighted by molar-refractivity contribution is -0.122. The van der Waals surface area contributed by atoms with Gasteiger partial charge in [0, 0.05) is 25.2 Å². The van der Waals surface area contributed by atoms with Crippen LogP contribution in [0, 0.1) is 17.8 Å². The van der Waals surface area contributed by atoms with Gasteiger partial charge in [-0.15, -0.1) is 0 Å². The number of pyridine rings is 1. The van der Waals surface area contributed by atoms with E-state index >= 15 is 0 Å². The number of carbonyl (C=O) groups excluding carboxylic acids is 2. The molecule has 3 rings (SSSR count). The van der Waals surface area contributed by atoms with Gasteiger partial charge < -0.3 is 9.64 Å². The van der Waals surface area contributed by atoms with E-state index in [1.807, 2.05) is 32.9 Å². The van der Waals surface area contributed by atoms with E-state index in [9.17, 15) is 9.59 Å². The first-order valence-corrected chi connectivity index (χ1v) is 7.80. The molecule has 2 heterocycles. The maximum atomic E-state index is 12.2. The Morgan fingerprint density at radius 3 is 2.52 bits per heavy atom. The number of nitrogens with zero attached hydrogens (tertiary/aromatic N) is 2. The topological polar surface area (TPSA) is 83.6 Å². The van der Waals surface area contributed by atoms with E-state index in [-0.39, 0.29) is 29.8 Å². The molecule has 7 nitrogen and oxygen atoms in total. The molecule has 1 aliphatic carbocycles. The summed E-state index contributed by atoms with van der Waals surface area (Å²) in [4.78, 5) is 29.9. The average Bonchev–Trinajstić information content (AvgIpc) is 2.98. The molecule has 1 unspecified atom stereocenters. The minimum absolute atomic E-state index is 0.0371. The number of carbonyl (C=O) groups is 2. The van der Waals surface area contributed by atoms with Gasteiger partial charge in [0.1, 0.15) is 11.4 Å². The first kappa shape index (κ1) is 15.6. The highest BCUT2D eigenvalue weighted by molar-refractivity contribution is 5.84. The molecule has 0 aromatic carbocycles. The molecule has 124 valence electrons. The van der Waals surface area contributed by atoms with E-state index in [1.165, 1.54) is 0 Å².